The number of hydrogen-bond acceptors (Lipinski definition) is 2. The normalized spacial score (nSPS) is 28.1. The zero-order chi connectivity index (χ0) is 12.8. The Kier molecular flexibility index (Phi) is 8.06. The molecule has 2 rings (SSSR count). The zero-order valence-corrected chi connectivity index (χ0v) is 14.6. The van der Waals surface area contributed by atoms with Crippen LogP contribution >= 0.6 is 24.0 Å². The van der Waals surface area contributed by atoms with Gasteiger partial charge in [-0.3, -0.25) is 4.99 Å². The van der Waals surface area contributed by atoms with Gasteiger partial charge in [0, 0.05) is 26.2 Å². The molecule has 1 N–H and O–H groups in total. The molecule has 2 fully saturated rings. The molecule has 0 radical (unpaired) electrons. The average molecular weight is 381 g/mol. The van der Waals surface area contributed by atoms with Crippen LogP contribution in [0.25, 0.3) is 0 Å². The Morgan fingerprint density at radius 3 is 2.84 bits per heavy atom. The molecule has 0 aromatic rings. The van der Waals surface area contributed by atoms with E-state index in [1.165, 1.54) is 25.7 Å². The molecule has 19 heavy (non-hydrogen) atoms. The van der Waals surface area contributed by atoms with E-state index in [2.05, 4.69) is 24.1 Å². The second-order valence-electron chi connectivity index (χ2n) is 5.52. The first-order chi connectivity index (χ1) is 8.79. The van der Waals surface area contributed by atoms with Gasteiger partial charge in [-0.05, 0) is 38.5 Å². The molecule has 0 aliphatic carbocycles. The standard InChI is InChI=1S/C14H27N3O.HI/c1-3-15-14(16-10-13-7-5-9-18-13)17-8-4-6-12(2)11-17;/h12-13H,3-11H2,1-2H3,(H,15,16);1H. The predicted molar refractivity (Wildman–Crippen MR) is 90.3 cm³/mol. The lowest BCUT2D eigenvalue weighted by atomic mass is 10.0. The molecule has 5 heteroatoms. The molecule has 0 spiro atoms. The van der Waals surface area contributed by atoms with Gasteiger partial charge in [0.05, 0.1) is 12.6 Å². The Balaban J connectivity index is 0.00000180. The highest BCUT2D eigenvalue weighted by Crippen LogP contribution is 2.16. The summed E-state index contributed by atoms with van der Waals surface area (Å²) < 4.78 is 5.64. The Bertz CT molecular complexity index is 280. The molecule has 0 bridgehead atoms. The third kappa shape index (κ3) is 5.45. The number of nitrogens with zero attached hydrogens (tertiary/aromatic N) is 2. The Hall–Kier alpha value is -0.0400. The topological polar surface area (TPSA) is 36.9 Å². The van der Waals surface area contributed by atoms with E-state index in [0.717, 1.165) is 44.7 Å². The molecule has 2 saturated heterocycles. The van der Waals surface area contributed by atoms with Gasteiger partial charge in [-0.15, -0.1) is 24.0 Å². The van der Waals surface area contributed by atoms with Crippen molar-refractivity contribution in [3.63, 3.8) is 0 Å². The van der Waals surface area contributed by atoms with Crippen molar-refractivity contribution in [1.82, 2.24) is 10.2 Å². The van der Waals surface area contributed by atoms with Crippen LogP contribution in [-0.4, -0.2) is 49.7 Å². The first kappa shape index (κ1) is 17.0. The molecule has 2 atom stereocenters. The predicted octanol–water partition coefficient (Wildman–Crippen LogP) is 2.48. The first-order valence-electron chi connectivity index (χ1n) is 7.44. The molecule has 2 unspecified atom stereocenters. The van der Waals surface area contributed by atoms with Crippen molar-refractivity contribution in [3.05, 3.63) is 0 Å². The number of hydrogen-bond donors (Lipinski definition) is 1. The minimum absolute atomic E-state index is 0. The lowest BCUT2D eigenvalue weighted by Gasteiger charge is -2.33. The van der Waals surface area contributed by atoms with Gasteiger partial charge >= 0.3 is 0 Å². The van der Waals surface area contributed by atoms with Gasteiger partial charge in [0.2, 0.25) is 0 Å². The number of piperidine rings is 1. The van der Waals surface area contributed by atoms with Crippen LogP contribution in [0.3, 0.4) is 0 Å². The number of ether oxygens (including phenoxy) is 1. The van der Waals surface area contributed by atoms with Crippen molar-refractivity contribution in [2.45, 2.75) is 45.6 Å². The summed E-state index contributed by atoms with van der Waals surface area (Å²) in [5.74, 6) is 1.87. The molecule has 0 amide bonds. The number of aliphatic imine (C=N–C) groups is 1. The van der Waals surface area contributed by atoms with E-state index >= 15 is 0 Å². The highest BCUT2D eigenvalue weighted by Gasteiger charge is 2.20. The quantitative estimate of drug-likeness (QED) is 0.464. The van der Waals surface area contributed by atoms with Gasteiger partial charge in [0.15, 0.2) is 5.96 Å². The van der Waals surface area contributed by atoms with Gasteiger partial charge in [-0.2, -0.15) is 0 Å². The third-order valence-electron chi connectivity index (χ3n) is 3.76. The van der Waals surface area contributed by atoms with E-state index in [9.17, 15) is 0 Å². The molecule has 2 aliphatic rings. The monoisotopic (exact) mass is 381 g/mol. The van der Waals surface area contributed by atoms with E-state index in [1.807, 2.05) is 0 Å². The Morgan fingerprint density at radius 1 is 1.37 bits per heavy atom. The number of halogens is 1. The maximum atomic E-state index is 5.64. The number of likely N-dealkylation sites (tertiary alicyclic amines) is 1. The first-order valence-corrected chi connectivity index (χ1v) is 7.44. The molecule has 0 saturated carbocycles. The second-order valence-corrected chi connectivity index (χ2v) is 5.52. The molecule has 2 aliphatic heterocycles. The Labute approximate surface area is 134 Å². The third-order valence-corrected chi connectivity index (χ3v) is 3.76. The van der Waals surface area contributed by atoms with E-state index in [4.69, 9.17) is 9.73 Å². The summed E-state index contributed by atoms with van der Waals surface area (Å²) in [6, 6.07) is 0. The van der Waals surface area contributed by atoms with Crippen LogP contribution in [0, 0.1) is 5.92 Å². The molecule has 4 nitrogen and oxygen atoms in total. The van der Waals surface area contributed by atoms with Crippen molar-refractivity contribution in [2.75, 3.05) is 32.8 Å². The van der Waals surface area contributed by atoms with Crippen LogP contribution in [-0.2, 0) is 4.74 Å². The average Bonchev–Trinajstić information content (AvgIpc) is 2.87. The SMILES string of the molecule is CCNC(=NCC1CCCO1)N1CCCC(C)C1.I. The van der Waals surface area contributed by atoms with Gasteiger partial charge < -0.3 is 15.0 Å². The molecule has 112 valence electrons. The van der Waals surface area contributed by atoms with Crippen molar-refractivity contribution < 1.29 is 4.74 Å². The molecule has 0 aromatic heterocycles. The zero-order valence-electron chi connectivity index (χ0n) is 12.2. The largest absolute Gasteiger partial charge is 0.376 e. The molecular weight excluding hydrogens is 353 g/mol. The second kappa shape index (κ2) is 9.00. The highest BCUT2D eigenvalue weighted by atomic mass is 127. The van der Waals surface area contributed by atoms with Crippen LogP contribution < -0.4 is 5.32 Å². The van der Waals surface area contributed by atoms with Crippen molar-refractivity contribution in [1.29, 1.82) is 0 Å². The van der Waals surface area contributed by atoms with Crippen LogP contribution in [0.1, 0.15) is 39.5 Å². The minimum Gasteiger partial charge on any atom is -0.376 e. The highest BCUT2D eigenvalue weighted by molar-refractivity contribution is 14.0. The van der Waals surface area contributed by atoms with Gasteiger partial charge in [0.25, 0.3) is 0 Å². The smallest absolute Gasteiger partial charge is 0.194 e. The van der Waals surface area contributed by atoms with Crippen molar-refractivity contribution in [2.24, 2.45) is 10.9 Å². The van der Waals surface area contributed by atoms with Crippen LogP contribution in [0.4, 0.5) is 0 Å². The van der Waals surface area contributed by atoms with Crippen LogP contribution in [0.2, 0.25) is 0 Å². The summed E-state index contributed by atoms with van der Waals surface area (Å²) in [4.78, 5) is 7.17. The molecular formula is C14H28IN3O. The fraction of sp³-hybridized carbons (Fsp3) is 0.929. The van der Waals surface area contributed by atoms with E-state index < -0.39 is 0 Å². The van der Waals surface area contributed by atoms with Crippen molar-refractivity contribution >= 4 is 29.9 Å². The number of rotatable bonds is 3. The fourth-order valence-electron chi connectivity index (χ4n) is 2.78. The lowest BCUT2D eigenvalue weighted by Crippen LogP contribution is -2.46. The summed E-state index contributed by atoms with van der Waals surface area (Å²) >= 11 is 0. The summed E-state index contributed by atoms with van der Waals surface area (Å²) in [5.41, 5.74) is 0. The van der Waals surface area contributed by atoms with E-state index in [1.54, 1.807) is 0 Å². The minimum atomic E-state index is 0. The maximum absolute atomic E-state index is 5.64. The summed E-state index contributed by atoms with van der Waals surface area (Å²) in [6.45, 7) is 9.41. The summed E-state index contributed by atoms with van der Waals surface area (Å²) in [6.07, 6.45) is 5.34. The number of nitrogens with one attached hydrogen (secondary N) is 1. The number of guanidine groups is 1. The van der Waals surface area contributed by atoms with Gasteiger partial charge in [0.1, 0.15) is 0 Å². The lowest BCUT2D eigenvalue weighted by molar-refractivity contribution is 0.117. The van der Waals surface area contributed by atoms with E-state index in [-0.39, 0.29) is 24.0 Å². The Morgan fingerprint density at radius 2 is 2.21 bits per heavy atom. The van der Waals surface area contributed by atoms with E-state index in [0.29, 0.717) is 6.10 Å². The molecule has 2 heterocycles. The molecule has 0 aromatic carbocycles. The van der Waals surface area contributed by atoms with Crippen molar-refractivity contribution in [3.8, 4) is 0 Å². The fourth-order valence-corrected chi connectivity index (χ4v) is 2.78. The summed E-state index contributed by atoms with van der Waals surface area (Å²) in [7, 11) is 0. The van der Waals surface area contributed by atoms with Gasteiger partial charge in [-0.1, -0.05) is 6.92 Å². The van der Waals surface area contributed by atoms with Crippen LogP contribution in [0.15, 0.2) is 4.99 Å². The van der Waals surface area contributed by atoms with Crippen LogP contribution in [0.5, 0.6) is 0 Å². The maximum Gasteiger partial charge on any atom is 0.194 e. The summed E-state index contributed by atoms with van der Waals surface area (Å²) in [5, 5.41) is 3.42. The van der Waals surface area contributed by atoms with Gasteiger partial charge in [-0.25, -0.2) is 0 Å².